The third-order valence-corrected chi connectivity index (χ3v) is 7.77. The van der Waals surface area contributed by atoms with E-state index in [9.17, 15) is 31.2 Å². The zero-order chi connectivity index (χ0) is 31.1. The first-order valence-electron chi connectivity index (χ1n) is 12.0. The van der Waals surface area contributed by atoms with E-state index in [1.165, 1.54) is 6.92 Å². The van der Waals surface area contributed by atoms with Gasteiger partial charge in [0.25, 0.3) is 0 Å². The van der Waals surface area contributed by atoms with Crippen LogP contribution < -0.4 is 15.8 Å². The number of amides is 1. The Morgan fingerprint density at radius 2 is 1.62 bits per heavy atom. The summed E-state index contributed by atoms with van der Waals surface area (Å²) in [5.41, 5.74) is 8.80. The molecule has 1 aromatic heterocycles. The molecule has 0 aliphatic heterocycles. The minimum atomic E-state index is -5.08. The molecular formula is C27H25F3N4O6S2. The molecule has 0 saturated heterocycles. The number of nitrogens with zero attached hydrogens (tertiary/aromatic N) is 1. The summed E-state index contributed by atoms with van der Waals surface area (Å²) in [5.74, 6) is -3.61. The van der Waals surface area contributed by atoms with Crippen molar-refractivity contribution in [3.8, 4) is 0 Å². The topological polar surface area (TPSA) is 169 Å². The van der Waals surface area contributed by atoms with Gasteiger partial charge in [-0.05, 0) is 34.9 Å². The lowest BCUT2D eigenvalue weighted by Crippen LogP contribution is -2.32. The van der Waals surface area contributed by atoms with Crippen LogP contribution in [0.25, 0.3) is 10.2 Å². The minimum Gasteiger partial charge on any atom is -0.475 e. The standard InChI is InChI=1S/C25H24N4O4S2.C2HF3O2/c1-16(30)27-23(19-9-7-17(14-26)8-10-19)24(31)25-28-21-12-11-20(13-22(21)34-25)29-35(32,33)15-18-5-3-2-4-6-18;3-2(4,5)1(6)7/h2-13,23,29H,14-15,26H2,1H3,(H,27,30);(H,6,7). The average Bonchev–Trinajstić information content (AvgIpc) is 3.35. The van der Waals surface area contributed by atoms with Crippen LogP contribution in [0.4, 0.5) is 18.9 Å². The Morgan fingerprint density at radius 1 is 1.00 bits per heavy atom. The second kappa shape index (κ2) is 13.5. The summed E-state index contributed by atoms with van der Waals surface area (Å²) in [6.45, 7) is 1.72. The Balaban J connectivity index is 0.000000616. The number of benzene rings is 3. The predicted molar refractivity (Wildman–Crippen MR) is 151 cm³/mol. The van der Waals surface area contributed by atoms with E-state index < -0.39 is 28.2 Å². The van der Waals surface area contributed by atoms with Crippen molar-refractivity contribution in [3.05, 3.63) is 94.5 Å². The Morgan fingerprint density at radius 3 is 2.17 bits per heavy atom. The van der Waals surface area contributed by atoms with E-state index >= 15 is 0 Å². The second-order valence-corrected chi connectivity index (χ2v) is 11.5. The number of halogens is 3. The summed E-state index contributed by atoms with van der Waals surface area (Å²) in [5, 5.41) is 10.0. The molecule has 10 nitrogen and oxygen atoms in total. The van der Waals surface area contributed by atoms with Crippen LogP contribution in [0.5, 0.6) is 0 Å². The molecule has 0 aliphatic rings. The lowest BCUT2D eigenvalue weighted by molar-refractivity contribution is -0.192. The number of nitrogens with one attached hydrogen (secondary N) is 2. The van der Waals surface area contributed by atoms with Gasteiger partial charge in [-0.2, -0.15) is 13.2 Å². The number of carboxylic acid groups (broad SMARTS) is 1. The molecule has 4 rings (SSSR count). The number of ketones is 1. The van der Waals surface area contributed by atoms with Crippen LogP contribution in [0.1, 0.15) is 39.5 Å². The van der Waals surface area contributed by atoms with E-state index in [2.05, 4.69) is 15.0 Å². The first-order chi connectivity index (χ1) is 19.7. The van der Waals surface area contributed by atoms with Gasteiger partial charge in [0.1, 0.15) is 6.04 Å². The molecular weight excluding hydrogens is 597 g/mol. The average molecular weight is 623 g/mol. The van der Waals surface area contributed by atoms with Crippen LogP contribution >= 0.6 is 11.3 Å². The van der Waals surface area contributed by atoms with Gasteiger partial charge in [-0.1, -0.05) is 54.6 Å². The number of alkyl halides is 3. The van der Waals surface area contributed by atoms with Crippen molar-refractivity contribution < 1.29 is 41.1 Å². The molecule has 0 spiro atoms. The molecule has 0 aliphatic carbocycles. The number of rotatable bonds is 9. The van der Waals surface area contributed by atoms with Gasteiger partial charge < -0.3 is 16.2 Å². The van der Waals surface area contributed by atoms with Crippen molar-refractivity contribution in [2.45, 2.75) is 31.4 Å². The van der Waals surface area contributed by atoms with Gasteiger partial charge in [0.2, 0.25) is 21.7 Å². The fourth-order valence-corrected chi connectivity index (χ4v) is 5.74. The SMILES string of the molecule is CC(=O)NC(C(=O)c1nc2ccc(NS(=O)(=O)Cc3ccccc3)cc2s1)c1ccc(CN)cc1.O=C(O)C(F)(F)F. The molecule has 0 fully saturated rings. The van der Waals surface area contributed by atoms with Crippen LogP contribution in [-0.4, -0.2) is 42.3 Å². The Bertz CT molecular complexity index is 1680. The fourth-order valence-electron chi connectivity index (χ4n) is 3.58. The van der Waals surface area contributed by atoms with Gasteiger partial charge in [-0.3, -0.25) is 14.3 Å². The number of fused-ring (bicyclic) bond motifs is 1. The highest BCUT2D eigenvalue weighted by Crippen LogP contribution is 2.29. The van der Waals surface area contributed by atoms with Crippen molar-refractivity contribution in [2.24, 2.45) is 5.73 Å². The number of aromatic nitrogens is 1. The Labute approximate surface area is 242 Å². The van der Waals surface area contributed by atoms with Gasteiger partial charge in [0.05, 0.1) is 21.7 Å². The normalized spacial score (nSPS) is 12.1. The van der Waals surface area contributed by atoms with E-state index in [0.29, 0.717) is 33.6 Å². The number of carbonyl (C=O) groups is 3. The van der Waals surface area contributed by atoms with Crippen LogP contribution in [0.3, 0.4) is 0 Å². The molecule has 4 aromatic rings. The maximum Gasteiger partial charge on any atom is 0.490 e. The van der Waals surface area contributed by atoms with Crippen LogP contribution in [0, 0.1) is 0 Å². The van der Waals surface area contributed by atoms with Gasteiger partial charge in [-0.15, -0.1) is 11.3 Å². The highest BCUT2D eigenvalue weighted by atomic mass is 32.2. The van der Waals surface area contributed by atoms with Crippen LogP contribution in [-0.2, 0) is 31.9 Å². The molecule has 1 unspecified atom stereocenters. The smallest absolute Gasteiger partial charge is 0.475 e. The van der Waals surface area contributed by atoms with E-state index in [1.807, 2.05) is 18.2 Å². The van der Waals surface area contributed by atoms with Gasteiger partial charge in [0.15, 0.2) is 5.01 Å². The molecule has 15 heteroatoms. The second-order valence-electron chi connectivity index (χ2n) is 8.79. The number of thiazole rings is 1. The zero-order valence-corrected chi connectivity index (χ0v) is 23.5. The zero-order valence-electron chi connectivity index (χ0n) is 21.9. The number of Topliss-reactive ketones (excluding diaryl/α,β-unsaturated/α-hetero) is 1. The third kappa shape index (κ3) is 9.09. The number of carbonyl (C=O) groups excluding carboxylic acids is 2. The Kier molecular flexibility index (Phi) is 10.4. The van der Waals surface area contributed by atoms with Crippen molar-refractivity contribution in [3.63, 3.8) is 0 Å². The van der Waals surface area contributed by atoms with Crippen LogP contribution in [0.2, 0.25) is 0 Å². The van der Waals surface area contributed by atoms with E-state index in [-0.39, 0.29) is 22.5 Å². The fraction of sp³-hybridized carbons (Fsp3) is 0.185. The first-order valence-corrected chi connectivity index (χ1v) is 14.5. The maximum atomic E-state index is 13.3. The quantitative estimate of drug-likeness (QED) is 0.199. The first kappa shape index (κ1) is 32.2. The summed E-state index contributed by atoms with van der Waals surface area (Å²) in [4.78, 5) is 38.4. The summed E-state index contributed by atoms with van der Waals surface area (Å²) in [7, 11) is -3.62. The van der Waals surface area contributed by atoms with Crippen molar-refractivity contribution in [1.29, 1.82) is 0 Å². The lowest BCUT2D eigenvalue weighted by Gasteiger charge is -2.16. The number of hydrogen-bond donors (Lipinski definition) is 4. The van der Waals surface area contributed by atoms with Gasteiger partial charge in [0, 0.05) is 13.5 Å². The van der Waals surface area contributed by atoms with Gasteiger partial charge in [-0.25, -0.2) is 18.2 Å². The van der Waals surface area contributed by atoms with Crippen molar-refractivity contribution in [1.82, 2.24) is 10.3 Å². The highest BCUT2D eigenvalue weighted by Gasteiger charge is 2.38. The highest BCUT2D eigenvalue weighted by molar-refractivity contribution is 7.91. The molecule has 42 heavy (non-hydrogen) atoms. The largest absolute Gasteiger partial charge is 0.490 e. The third-order valence-electron chi connectivity index (χ3n) is 5.47. The van der Waals surface area contributed by atoms with Crippen molar-refractivity contribution >= 4 is 54.9 Å². The molecule has 1 heterocycles. The van der Waals surface area contributed by atoms with E-state index in [4.69, 9.17) is 15.6 Å². The molecule has 0 radical (unpaired) electrons. The lowest BCUT2D eigenvalue weighted by atomic mass is 10.0. The minimum absolute atomic E-state index is 0.153. The molecule has 222 valence electrons. The van der Waals surface area contributed by atoms with E-state index in [1.54, 1.807) is 54.6 Å². The summed E-state index contributed by atoms with van der Waals surface area (Å²) in [6, 6.07) is 20.0. The molecule has 0 saturated carbocycles. The van der Waals surface area contributed by atoms with Gasteiger partial charge >= 0.3 is 12.1 Å². The number of hydrogen-bond acceptors (Lipinski definition) is 8. The molecule has 3 aromatic carbocycles. The van der Waals surface area contributed by atoms with E-state index in [0.717, 1.165) is 16.9 Å². The predicted octanol–water partition coefficient (Wildman–Crippen LogP) is 4.39. The summed E-state index contributed by atoms with van der Waals surface area (Å²) < 4.78 is 60.1. The molecule has 1 amide bonds. The summed E-state index contributed by atoms with van der Waals surface area (Å²) in [6.07, 6.45) is -5.08. The summed E-state index contributed by atoms with van der Waals surface area (Å²) >= 11 is 1.14. The molecule has 5 N–H and O–H groups in total. The number of aliphatic carboxylic acids is 1. The number of nitrogens with two attached hydrogens (primary N) is 1. The number of anilines is 1. The maximum absolute atomic E-state index is 13.3. The number of carboxylic acids is 1. The Hall–Kier alpha value is -4.34. The monoisotopic (exact) mass is 622 g/mol. The van der Waals surface area contributed by atoms with Crippen LogP contribution in [0.15, 0.2) is 72.8 Å². The molecule has 0 bridgehead atoms. The van der Waals surface area contributed by atoms with Crippen molar-refractivity contribution in [2.75, 3.05) is 4.72 Å². The molecule has 1 atom stereocenters. The number of sulfonamides is 1.